The maximum absolute atomic E-state index is 13.5. The fraction of sp³-hybridized carbons (Fsp3) is 0.200. The molecule has 1 amide bonds. The van der Waals surface area contributed by atoms with Crippen molar-refractivity contribution >= 4 is 17.7 Å². The lowest BCUT2D eigenvalue weighted by molar-refractivity contribution is -0.128. The van der Waals surface area contributed by atoms with Crippen LogP contribution >= 0.6 is 11.8 Å². The molecule has 0 saturated carbocycles. The molecule has 0 unspecified atom stereocenters. The fourth-order valence-electron chi connectivity index (χ4n) is 2.62. The van der Waals surface area contributed by atoms with E-state index in [1.165, 1.54) is 23.9 Å². The number of imidazole rings is 1. The van der Waals surface area contributed by atoms with Crippen molar-refractivity contribution in [2.75, 3.05) is 12.3 Å². The smallest absolute Gasteiger partial charge is 0.233 e. The second kappa shape index (κ2) is 8.67. The zero-order valence-corrected chi connectivity index (χ0v) is 15.3. The number of hydrogen-bond donors (Lipinski definition) is 0. The van der Waals surface area contributed by atoms with Crippen LogP contribution in [0.25, 0.3) is 5.69 Å². The molecular formula is C20H20FN3OS. The van der Waals surface area contributed by atoms with Gasteiger partial charge in [-0.2, -0.15) is 0 Å². The van der Waals surface area contributed by atoms with Crippen LogP contribution in [0.5, 0.6) is 0 Å². The monoisotopic (exact) mass is 369 g/mol. The largest absolute Gasteiger partial charge is 0.338 e. The van der Waals surface area contributed by atoms with Gasteiger partial charge in [-0.3, -0.25) is 9.36 Å². The zero-order valence-electron chi connectivity index (χ0n) is 14.5. The second-order valence-corrected chi connectivity index (χ2v) is 6.68. The average Bonchev–Trinajstić information content (AvgIpc) is 3.13. The van der Waals surface area contributed by atoms with E-state index < -0.39 is 0 Å². The van der Waals surface area contributed by atoms with E-state index in [0.29, 0.717) is 23.9 Å². The van der Waals surface area contributed by atoms with Gasteiger partial charge in [0.15, 0.2) is 5.16 Å². The van der Waals surface area contributed by atoms with E-state index in [9.17, 15) is 9.18 Å². The first-order valence-corrected chi connectivity index (χ1v) is 9.39. The van der Waals surface area contributed by atoms with Gasteiger partial charge in [0.25, 0.3) is 0 Å². The Balaban J connectivity index is 1.65. The van der Waals surface area contributed by atoms with Crippen LogP contribution in [-0.4, -0.2) is 32.7 Å². The van der Waals surface area contributed by atoms with Gasteiger partial charge in [0.1, 0.15) is 5.82 Å². The van der Waals surface area contributed by atoms with Crippen molar-refractivity contribution < 1.29 is 9.18 Å². The molecular weight excluding hydrogens is 349 g/mol. The number of halogens is 1. The van der Waals surface area contributed by atoms with Crippen LogP contribution in [0.15, 0.2) is 72.1 Å². The van der Waals surface area contributed by atoms with Crippen molar-refractivity contribution in [1.29, 1.82) is 0 Å². The van der Waals surface area contributed by atoms with Crippen LogP contribution in [-0.2, 0) is 11.3 Å². The van der Waals surface area contributed by atoms with Gasteiger partial charge in [0.2, 0.25) is 5.91 Å². The maximum atomic E-state index is 13.5. The molecule has 134 valence electrons. The van der Waals surface area contributed by atoms with E-state index in [1.54, 1.807) is 23.0 Å². The lowest BCUT2D eigenvalue weighted by Crippen LogP contribution is -2.31. The number of rotatable bonds is 7. The van der Waals surface area contributed by atoms with E-state index in [1.807, 2.05) is 48.2 Å². The van der Waals surface area contributed by atoms with Crippen molar-refractivity contribution in [1.82, 2.24) is 14.5 Å². The van der Waals surface area contributed by atoms with Crippen LogP contribution in [0.2, 0.25) is 0 Å². The summed E-state index contributed by atoms with van der Waals surface area (Å²) in [5.41, 5.74) is 1.79. The van der Waals surface area contributed by atoms with E-state index in [2.05, 4.69) is 4.98 Å². The minimum atomic E-state index is -0.303. The summed E-state index contributed by atoms with van der Waals surface area (Å²) in [4.78, 5) is 18.7. The predicted octanol–water partition coefficient (Wildman–Crippen LogP) is 4.15. The van der Waals surface area contributed by atoms with Crippen LogP contribution in [0.1, 0.15) is 12.5 Å². The molecule has 6 heteroatoms. The first kappa shape index (κ1) is 18.2. The molecule has 0 spiro atoms. The zero-order chi connectivity index (χ0) is 18.4. The van der Waals surface area contributed by atoms with Crippen LogP contribution in [0.4, 0.5) is 4.39 Å². The van der Waals surface area contributed by atoms with Crippen molar-refractivity contribution in [2.24, 2.45) is 0 Å². The normalized spacial score (nSPS) is 10.7. The Hall–Kier alpha value is -2.60. The lowest BCUT2D eigenvalue weighted by atomic mass is 10.2. The van der Waals surface area contributed by atoms with E-state index in [-0.39, 0.29) is 17.5 Å². The van der Waals surface area contributed by atoms with E-state index >= 15 is 0 Å². The molecule has 26 heavy (non-hydrogen) atoms. The average molecular weight is 369 g/mol. The summed E-state index contributed by atoms with van der Waals surface area (Å²) in [6.07, 6.45) is 3.42. The molecule has 0 aliphatic carbocycles. The maximum Gasteiger partial charge on any atom is 0.233 e. The van der Waals surface area contributed by atoms with Crippen LogP contribution < -0.4 is 0 Å². The third kappa shape index (κ3) is 4.52. The summed E-state index contributed by atoms with van der Waals surface area (Å²) in [5.74, 6) is 0.0332. The Morgan fingerprint density at radius 2 is 2.00 bits per heavy atom. The molecule has 0 atom stereocenters. The summed E-state index contributed by atoms with van der Waals surface area (Å²) < 4.78 is 15.2. The highest BCUT2D eigenvalue weighted by Crippen LogP contribution is 2.21. The number of amides is 1. The Morgan fingerprint density at radius 3 is 2.73 bits per heavy atom. The van der Waals surface area contributed by atoms with Crippen LogP contribution in [0, 0.1) is 5.82 Å². The summed E-state index contributed by atoms with van der Waals surface area (Å²) in [6, 6.07) is 16.2. The molecule has 2 aromatic carbocycles. The minimum absolute atomic E-state index is 0.0511. The first-order valence-electron chi connectivity index (χ1n) is 8.41. The molecule has 0 N–H and O–H groups in total. The van der Waals surface area contributed by atoms with Gasteiger partial charge >= 0.3 is 0 Å². The van der Waals surface area contributed by atoms with Crippen molar-refractivity contribution in [3.8, 4) is 5.69 Å². The number of carbonyl (C=O) groups excluding carboxylic acids is 1. The highest BCUT2D eigenvalue weighted by Gasteiger charge is 2.15. The van der Waals surface area contributed by atoms with Gasteiger partial charge in [0.05, 0.1) is 11.4 Å². The van der Waals surface area contributed by atoms with Gasteiger partial charge < -0.3 is 4.90 Å². The van der Waals surface area contributed by atoms with Crippen molar-refractivity contribution in [2.45, 2.75) is 18.6 Å². The second-order valence-electron chi connectivity index (χ2n) is 5.74. The molecule has 3 rings (SSSR count). The minimum Gasteiger partial charge on any atom is -0.338 e. The first-order chi connectivity index (χ1) is 12.7. The third-order valence-electron chi connectivity index (χ3n) is 3.97. The Kier molecular flexibility index (Phi) is 6.07. The highest BCUT2D eigenvalue weighted by atomic mass is 32.2. The van der Waals surface area contributed by atoms with Crippen LogP contribution in [0.3, 0.4) is 0 Å². The molecule has 1 aromatic heterocycles. The van der Waals surface area contributed by atoms with Gasteiger partial charge in [-0.15, -0.1) is 0 Å². The number of hydrogen-bond acceptors (Lipinski definition) is 3. The number of carbonyl (C=O) groups is 1. The van der Waals surface area contributed by atoms with E-state index in [0.717, 1.165) is 5.56 Å². The van der Waals surface area contributed by atoms with Gasteiger partial charge in [-0.25, -0.2) is 9.37 Å². The summed E-state index contributed by atoms with van der Waals surface area (Å²) in [5, 5.41) is 0.666. The van der Waals surface area contributed by atoms with Gasteiger partial charge in [-0.1, -0.05) is 48.2 Å². The fourth-order valence-corrected chi connectivity index (χ4v) is 3.49. The standard InChI is InChI=1S/C20H20FN3OS/c1-2-23(14-16-7-4-3-5-8-16)19(25)15-26-20-22-11-12-24(20)18-10-6-9-17(21)13-18/h3-13H,2,14-15H2,1H3. The molecule has 0 aliphatic rings. The predicted molar refractivity (Wildman–Crippen MR) is 102 cm³/mol. The molecule has 0 radical (unpaired) electrons. The highest BCUT2D eigenvalue weighted by molar-refractivity contribution is 7.99. The van der Waals surface area contributed by atoms with E-state index in [4.69, 9.17) is 0 Å². The Labute approximate surface area is 156 Å². The van der Waals surface area contributed by atoms with Crippen molar-refractivity contribution in [3.05, 3.63) is 78.4 Å². The number of thioether (sulfide) groups is 1. The molecule has 0 aliphatic heterocycles. The molecule has 4 nitrogen and oxygen atoms in total. The van der Waals surface area contributed by atoms with Gasteiger partial charge in [0, 0.05) is 25.5 Å². The number of benzene rings is 2. The summed E-state index contributed by atoms with van der Waals surface area (Å²) in [6.45, 7) is 3.21. The lowest BCUT2D eigenvalue weighted by Gasteiger charge is -2.21. The summed E-state index contributed by atoms with van der Waals surface area (Å²) >= 11 is 1.35. The van der Waals surface area contributed by atoms with Gasteiger partial charge in [-0.05, 0) is 30.7 Å². The molecule has 0 saturated heterocycles. The molecule has 0 bridgehead atoms. The van der Waals surface area contributed by atoms with Crippen molar-refractivity contribution in [3.63, 3.8) is 0 Å². The quantitative estimate of drug-likeness (QED) is 0.587. The molecule has 3 aromatic rings. The SMILES string of the molecule is CCN(Cc1ccccc1)C(=O)CSc1nccn1-c1cccc(F)c1. The third-order valence-corrected chi connectivity index (χ3v) is 4.92. The Morgan fingerprint density at radius 1 is 1.19 bits per heavy atom. The number of nitrogens with zero attached hydrogens (tertiary/aromatic N) is 3. The summed E-state index contributed by atoms with van der Waals surface area (Å²) in [7, 11) is 0. The molecule has 0 fully saturated rings. The number of aromatic nitrogens is 2. The molecule has 1 heterocycles. The topological polar surface area (TPSA) is 38.1 Å². The Bertz CT molecular complexity index is 866.